The third-order valence-electron chi connectivity index (χ3n) is 2.66. The number of rotatable bonds is 2. The van der Waals surface area contributed by atoms with Crippen molar-refractivity contribution in [3.63, 3.8) is 0 Å². The first-order valence-electron chi connectivity index (χ1n) is 5.43. The molecule has 19 heavy (non-hydrogen) atoms. The maximum absolute atomic E-state index is 12.4. The molecule has 0 unspecified atom stereocenters. The molecule has 0 spiro atoms. The normalized spacial score (nSPS) is 10.3. The lowest BCUT2D eigenvalue weighted by Crippen LogP contribution is -2.27. The number of nitrogen functional groups attached to an aromatic ring is 1. The minimum Gasteiger partial charge on any atom is -0.396 e. The number of halogens is 2. The van der Waals surface area contributed by atoms with Crippen LogP contribution in [0.3, 0.4) is 0 Å². The molecule has 6 heteroatoms. The van der Waals surface area contributed by atoms with Crippen LogP contribution in [0.2, 0.25) is 0 Å². The van der Waals surface area contributed by atoms with E-state index in [1.54, 1.807) is 25.4 Å². The SMILES string of the molecule is CN(C(=O)c1ccc(Br)cc1Br)c1ccncc1N. The number of aromatic nitrogens is 1. The fraction of sp³-hybridized carbons (Fsp3) is 0.0769. The highest BCUT2D eigenvalue weighted by atomic mass is 79.9. The maximum Gasteiger partial charge on any atom is 0.259 e. The summed E-state index contributed by atoms with van der Waals surface area (Å²) in [5.41, 5.74) is 7.49. The fourth-order valence-corrected chi connectivity index (χ4v) is 2.87. The quantitative estimate of drug-likeness (QED) is 0.862. The second-order valence-electron chi connectivity index (χ2n) is 3.92. The Morgan fingerprint density at radius 3 is 2.68 bits per heavy atom. The number of hydrogen-bond donors (Lipinski definition) is 1. The fourth-order valence-electron chi connectivity index (χ4n) is 1.66. The number of nitrogens with zero attached hydrogens (tertiary/aromatic N) is 2. The molecule has 0 aliphatic rings. The average Bonchev–Trinajstić information content (AvgIpc) is 2.38. The topological polar surface area (TPSA) is 59.2 Å². The molecule has 1 amide bonds. The van der Waals surface area contributed by atoms with Crippen LogP contribution in [0.1, 0.15) is 10.4 Å². The zero-order valence-electron chi connectivity index (χ0n) is 10.1. The van der Waals surface area contributed by atoms with Gasteiger partial charge in [0.25, 0.3) is 5.91 Å². The first-order valence-corrected chi connectivity index (χ1v) is 7.02. The molecule has 4 nitrogen and oxygen atoms in total. The van der Waals surface area contributed by atoms with Crippen LogP contribution >= 0.6 is 31.9 Å². The summed E-state index contributed by atoms with van der Waals surface area (Å²) in [6.07, 6.45) is 3.13. The molecule has 0 radical (unpaired) electrons. The summed E-state index contributed by atoms with van der Waals surface area (Å²) in [6.45, 7) is 0. The second kappa shape index (κ2) is 5.71. The molecule has 0 saturated carbocycles. The summed E-state index contributed by atoms with van der Waals surface area (Å²) >= 11 is 6.74. The molecule has 0 aliphatic carbocycles. The van der Waals surface area contributed by atoms with E-state index in [0.717, 1.165) is 8.95 Å². The Kier molecular flexibility index (Phi) is 4.21. The molecule has 0 atom stereocenters. The second-order valence-corrected chi connectivity index (χ2v) is 5.69. The van der Waals surface area contributed by atoms with Gasteiger partial charge in [-0.2, -0.15) is 0 Å². The van der Waals surface area contributed by atoms with Crippen LogP contribution in [0.4, 0.5) is 11.4 Å². The molecule has 0 aliphatic heterocycles. The zero-order chi connectivity index (χ0) is 14.0. The Bertz CT molecular complexity index is 631. The molecule has 2 N–H and O–H groups in total. The van der Waals surface area contributed by atoms with Gasteiger partial charge in [0.05, 0.1) is 23.1 Å². The lowest BCUT2D eigenvalue weighted by Gasteiger charge is -2.19. The Morgan fingerprint density at radius 1 is 1.32 bits per heavy atom. The van der Waals surface area contributed by atoms with Crippen molar-refractivity contribution < 1.29 is 4.79 Å². The van der Waals surface area contributed by atoms with Crippen molar-refractivity contribution in [1.82, 2.24) is 4.98 Å². The summed E-state index contributed by atoms with van der Waals surface area (Å²) in [7, 11) is 1.68. The van der Waals surface area contributed by atoms with Gasteiger partial charge in [-0.15, -0.1) is 0 Å². The molecular formula is C13H11Br2N3O. The molecule has 98 valence electrons. The summed E-state index contributed by atoms with van der Waals surface area (Å²) in [4.78, 5) is 17.8. The lowest BCUT2D eigenvalue weighted by molar-refractivity contribution is 0.0992. The van der Waals surface area contributed by atoms with E-state index >= 15 is 0 Å². The van der Waals surface area contributed by atoms with Crippen LogP contribution < -0.4 is 10.6 Å². The monoisotopic (exact) mass is 383 g/mol. The van der Waals surface area contributed by atoms with E-state index in [1.807, 2.05) is 12.1 Å². The molecule has 0 fully saturated rings. The van der Waals surface area contributed by atoms with Crippen molar-refractivity contribution in [3.05, 3.63) is 51.2 Å². The Balaban J connectivity index is 2.37. The van der Waals surface area contributed by atoms with Crippen molar-refractivity contribution in [2.75, 3.05) is 17.7 Å². The van der Waals surface area contributed by atoms with Gasteiger partial charge in [0.1, 0.15) is 0 Å². The van der Waals surface area contributed by atoms with E-state index in [4.69, 9.17) is 5.73 Å². The standard InChI is InChI=1S/C13H11Br2N3O/c1-18(12-4-5-17-7-11(12)16)13(19)9-3-2-8(14)6-10(9)15/h2-7H,16H2,1H3. The van der Waals surface area contributed by atoms with Crippen LogP contribution in [-0.4, -0.2) is 17.9 Å². The number of carbonyl (C=O) groups excluding carboxylic acids is 1. The van der Waals surface area contributed by atoms with E-state index in [1.165, 1.54) is 11.1 Å². The van der Waals surface area contributed by atoms with Crippen molar-refractivity contribution in [2.45, 2.75) is 0 Å². The van der Waals surface area contributed by atoms with Crippen molar-refractivity contribution in [2.24, 2.45) is 0 Å². The Morgan fingerprint density at radius 2 is 2.05 bits per heavy atom. The molecular weight excluding hydrogens is 374 g/mol. The Hall–Kier alpha value is -1.40. The summed E-state index contributed by atoms with van der Waals surface area (Å²) in [5, 5.41) is 0. The third-order valence-corrected chi connectivity index (χ3v) is 3.80. The van der Waals surface area contributed by atoms with Crippen molar-refractivity contribution >= 4 is 49.1 Å². The number of carbonyl (C=O) groups is 1. The van der Waals surface area contributed by atoms with Crippen LogP contribution in [0.5, 0.6) is 0 Å². The van der Waals surface area contributed by atoms with Gasteiger partial charge < -0.3 is 10.6 Å². The number of anilines is 2. The van der Waals surface area contributed by atoms with E-state index < -0.39 is 0 Å². The van der Waals surface area contributed by atoms with E-state index in [9.17, 15) is 4.79 Å². The van der Waals surface area contributed by atoms with Gasteiger partial charge in [-0.05, 0) is 40.2 Å². The number of pyridine rings is 1. The lowest BCUT2D eigenvalue weighted by atomic mass is 10.2. The van der Waals surface area contributed by atoms with Gasteiger partial charge in [0.2, 0.25) is 0 Å². The van der Waals surface area contributed by atoms with Gasteiger partial charge in [0.15, 0.2) is 0 Å². The van der Waals surface area contributed by atoms with E-state index in [2.05, 4.69) is 36.8 Å². The maximum atomic E-state index is 12.4. The van der Waals surface area contributed by atoms with Gasteiger partial charge in [-0.1, -0.05) is 15.9 Å². The van der Waals surface area contributed by atoms with Crippen LogP contribution in [-0.2, 0) is 0 Å². The highest BCUT2D eigenvalue weighted by Crippen LogP contribution is 2.26. The van der Waals surface area contributed by atoms with Crippen LogP contribution in [0.25, 0.3) is 0 Å². The molecule has 2 aromatic rings. The van der Waals surface area contributed by atoms with E-state index in [-0.39, 0.29) is 5.91 Å². The highest BCUT2D eigenvalue weighted by Gasteiger charge is 2.18. The van der Waals surface area contributed by atoms with Crippen molar-refractivity contribution in [1.29, 1.82) is 0 Å². The minimum absolute atomic E-state index is 0.141. The minimum atomic E-state index is -0.141. The Labute approximate surface area is 127 Å². The summed E-state index contributed by atoms with van der Waals surface area (Å²) < 4.78 is 1.63. The average molecular weight is 385 g/mol. The smallest absolute Gasteiger partial charge is 0.259 e. The predicted molar refractivity (Wildman–Crippen MR) is 83.2 cm³/mol. The largest absolute Gasteiger partial charge is 0.396 e. The van der Waals surface area contributed by atoms with Crippen molar-refractivity contribution in [3.8, 4) is 0 Å². The first-order chi connectivity index (χ1) is 9.00. The van der Waals surface area contributed by atoms with Crippen LogP contribution in [0.15, 0.2) is 45.6 Å². The zero-order valence-corrected chi connectivity index (χ0v) is 13.3. The van der Waals surface area contributed by atoms with Crippen LogP contribution in [0, 0.1) is 0 Å². The molecule has 0 saturated heterocycles. The summed E-state index contributed by atoms with van der Waals surface area (Å²) in [6, 6.07) is 7.11. The van der Waals surface area contributed by atoms with E-state index in [0.29, 0.717) is 16.9 Å². The third kappa shape index (κ3) is 2.96. The molecule has 2 rings (SSSR count). The molecule has 1 heterocycles. The number of benzene rings is 1. The number of hydrogen-bond acceptors (Lipinski definition) is 3. The van der Waals surface area contributed by atoms with Gasteiger partial charge in [-0.25, -0.2) is 0 Å². The highest BCUT2D eigenvalue weighted by molar-refractivity contribution is 9.11. The predicted octanol–water partition coefficient (Wildman–Crippen LogP) is 3.47. The van der Waals surface area contributed by atoms with Gasteiger partial charge in [0, 0.05) is 22.2 Å². The molecule has 1 aromatic heterocycles. The first kappa shape index (κ1) is 14.0. The van der Waals surface area contributed by atoms with Gasteiger partial charge in [-0.3, -0.25) is 9.78 Å². The number of nitrogens with two attached hydrogens (primary N) is 1. The molecule has 1 aromatic carbocycles. The summed E-state index contributed by atoms with van der Waals surface area (Å²) in [5.74, 6) is -0.141. The number of amides is 1. The van der Waals surface area contributed by atoms with Gasteiger partial charge >= 0.3 is 0 Å². The molecule has 0 bridgehead atoms.